The fourth-order valence-electron chi connectivity index (χ4n) is 2.28. The summed E-state index contributed by atoms with van der Waals surface area (Å²) in [5.74, 6) is 0.468. The lowest BCUT2D eigenvalue weighted by Gasteiger charge is -2.13. The van der Waals surface area contributed by atoms with Crippen molar-refractivity contribution in [1.29, 1.82) is 0 Å². The number of methoxy groups -OCH3 is 2. The lowest BCUT2D eigenvalue weighted by atomic mass is 10.3. The molecular formula is C18H22N2O6S. The molecule has 0 saturated carbocycles. The summed E-state index contributed by atoms with van der Waals surface area (Å²) in [4.78, 5) is 12.1. The van der Waals surface area contributed by atoms with Gasteiger partial charge < -0.3 is 19.5 Å². The van der Waals surface area contributed by atoms with Crippen LogP contribution in [0.5, 0.6) is 17.2 Å². The van der Waals surface area contributed by atoms with Crippen molar-refractivity contribution in [1.82, 2.24) is 4.72 Å². The van der Waals surface area contributed by atoms with Gasteiger partial charge in [-0.3, -0.25) is 4.79 Å². The summed E-state index contributed by atoms with van der Waals surface area (Å²) in [5.41, 5.74) is 0.461. The monoisotopic (exact) mass is 394 g/mol. The molecule has 0 radical (unpaired) electrons. The van der Waals surface area contributed by atoms with E-state index >= 15 is 0 Å². The van der Waals surface area contributed by atoms with Gasteiger partial charge in [-0.25, -0.2) is 13.1 Å². The molecule has 2 aromatic rings. The Morgan fingerprint density at radius 3 is 2.44 bits per heavy atom. The minimum atomic E-state index is -3.99. The van der Waals surface area contributed by atoms with Crippen LogP contribution in [0.1, 0.15) is 6.92 Å². The molecule has 0 bridgehead atoms. The van der Waals surface area contributed by atoms with Crippen LogP contribution in [0.15, 0.2) is 47.4 Å². The number of hydrogen-bond acceptors (Lipinski definition) is 6. The van der Waals surface area contributed by atoms with Crippen LogP contribution in [0.2, 0.25) is 0 Å². The molecule has 0 spiro atoms. The van der Waals surface area contributed by atoms with Crippen LogP contribution in [-0.4, -0.2) is 41.7 Å². The van der Waals surface area contributed by atoms with Crippen LogP contribution in [0, 0.1) is 0 Å². The molecule has 0 unspecified atom stereocenters. The first-order valence-corrected chi connectivity index (χ1v) is 9.63. The number of anilines is 1. The first-order chi connectivity index (χ1) is 12.9. The van der Waals surface area contributed by atoms with Crippen LogP contribution in [0.3, 0.4) is 0 Å². The van der Waals surface area contributed by atoms with Crippen LogP contribution in [-0.2, 0) is 14.8 Å². The second-order valence-corrected chi connectivity index (χ2v) is 7.05. The summed E-state index contributed by atoms with van der Waals surface area (Å²) in [5, 5.41) is 2.62. The lowest BCUT2D eigenvalue weighted by molar-refractivity contribution is -0.115. The molecule has 146 valence electrons. The highest BCUT2D eigenvalue weighted by molar-refractivity contribution is 7.89. The van der Waals surface area contributed by atoms with Crippen LogP contribution in [0.4, 0.5) is 5.69 Å². The van der Waals surface area contributed by atoms with Gasteiger partial charge in [0.15, 0.2) is 0 Å². The third-order valence-corrected chi connectivity index (χ3v) is 4.97. The molecule has 27 heavy (non-hydrogen) atoms. The second kappa shape index (κ2) is 9.24. The summed E-state index contributed by atoms with van der Waals surface area (Å²) in [7, 11) is -1.21. The van der Waals surface area contributed by atoms with Crippen LogP contribution in [0.25, 0.3) is 0 Å². The van der Waals surface area contributed by atoms with E-state index in [2.05, 4.69) is 10.0 Å². The van der Waals surface area contributed by atoms with Crippen LogP contribution < -0.4 is 24.2 Å². The number of para-hydroxylation sites is 2. The Bertz CT molecular complexity index is 898. The molecular weight excluding hydrogens is 372 g/mol. The van der Waals surface area contributed by atoms with E-state index in [9.17, 15) is 13.2 Å². The molecule has 0 aliphatic heterocycles. The maximum Gasteiger partial charge on any atom is 0.244 e. The maximum atomic E-state index is 12.6. The Labute approximate surface area is 158 Å². The number of amides is 1. The fraction of sp³-hybridized carbons (Fsp3) is 0.278. The zero-order valence-corrected chi connectivity index (χ0v) is 16.1. The lowest BCUT2D eigenvalue weighted by Crippen LogP contribution is -2.33. The smallest absolute Gasteiger partial charge is 0.244 e. The van der Waals surface area contributed by atoms with Gasteiger partial charge in [0.2, 0.25) is 15.9 Å². The third kappa shape index (κ3) is 5.35. The van der Waals surface area contributed by atoms with Gasteiger partial charge in [0.25, 0.3) is 0 Å². The molecule has 0 heterocycles. The zero-order chi connectivity index (χ0) is 19.9. The molecule has 9 heteroatoms. The van der Waals surface area contributed by atoms with E-state index in [0.29, 0.717) is 23.8 Å². The minimum Gasteiger partial charge on any atom is -0.497 e. The van der Waals surface area contributed by atoms with Gasteiger partial charge in [0.05, 0.1) is 33.1 Å². The van der Waals surface area contributed by atoms with Crippen molar-refractivity contribution < 1.29 is 27.4 Å². The molecule has 0 atom stereocenters. The van der Waals surface area contributed by atoms with Crippen molar-refractivity contribution in [3.05, 3.63) is 42.5 Å². The van der Waals surface area contributed by atoms with Crippen molar-refractivity contribution in [2.45, 2.75) is 11.8 Å². The van der Waals surface area contributed by atoms with E-state index in [1.807, 2.05) is 6.92 Å². The highest BCUT2D eigenvalue weighted by atomic mass is 32.2. The van der Waals surface area contributed by atoms with E-state index in [4.69, 9.17) is 14.2 Å². The topological polar surface area (TPSA) is 103 Å². The summed E-state index contributed by atoms with van der Waals surface area (Å²) in [6.45, 7) is 1.81. The largest absolute Gasteiger partial charge is 0.497 e. The molecule has 2 aromatic carbocycles. The molecule has 8 nitrogen and oxygen atoms in total. The number of benzene rings is 2. The second-order valence-electron chi connectivity index (χ2n) is 5.32. The van der Waals surface area contributed by atoms with Gasteiger partial charge in [0, 0.05) is 6.07 Å². The molecule has 2 rings (SSSR count). The van der Waals surface area contributed by atoms with Gasteiger partial charge >= 0.3 is 0 Å². The number of ether oxygens (including phenoxy) is 3. The Hall–Kier alpha value is -2.78. The summed E-state index contributed by atoms with van der Waals surface area (Å²) in [6.07, 6.45) is 0. The van der Waals surface area contributed by atoms with Gasteiger partial charge in [-0.15, -0.1) is 0 Å². The molecule has 1 amide bonds. The van der Waals surface area contributed by atoms with Gasteiger partial charge in [-0.2, -0.15) is 0 Å². The summed E-state index contributed by atoms with van der Waals surface area (Å²) >= 11 is 0. The molecule has 0 aliphatic carbocycles. The first kappa shape index (κ1) is 20.5. The van der Waals surface area contributed by atoms with Gasteiger partial charge in [-0.1, -0.05) is 12.1 Å². The van der Waals surface area contributed by atoms with Crippen molar-refractivity contribution in [2.75, 3.05) is 32.7 Å². The predicted octanol–water partition coefficient (Wildman–Crippen LogP) is 2.02. The number of rotatable bonds is 9. The Morgan fingerprint density at radius 1 is 1.04 bits per heavy atom. The normalized spacial score (nSPS) is 10.9. The zero-order valence-electron chi connectivity index (χ0n) is 15.3. The Morgan fingerprint density at radius 2 is 1.78 bits per heavy atom. The summed E-state index contributed by atoms with van der Waals surface area (Å²) in [6, 6.07) is 11.3. The van der Waals surface area contributed by atoms with E-state index < -0.39 is 22.5 Å². The third-order valence-electron chi connectivity index (χ3n) is 3.54. The average molecular weight is 394 g/mol. The number of hydrogen-bond donors (Lipinski definition) is 2. The molecule has 0 fully saturated rings. The van der Waals surface area contributed by atoms with Crippen LogP contribution >= 0.6 is 0 Å². The molecule has 0 saturated heterocycles. The van der Waals surface area contributed by atoms with E-state index in [-0.39, 0.29) is 10.6 Å². The predicted molar refractivity (Wildman–Crippen MR) is 101 cm³/mol. The molecule has 0 aliphatic rings. The standard InChI is InChI=1S/C18H22N2O6S/c1-4-26-15-8-6-5-7-14(15)20-18(21)12-19-27(22,23)17-11-13(24-2)9-10-16(17)25-3/h5-11,19H,4,12H2,1-3H3,(H,20,21). The van der Waals surface area contributed by atoms with Crippen molar-refractivity contribution >= 4 is 21.6 Å². The van der Waals surface area contributed by atoms with Crippen molar-refractivity contribution in [2.24, 2.45) is 0 Å². The van der Waals surface area contributed by atoms with E-state index in [1.165, 1.54) is 26.4 Å². The summed E-state index contributed by atoms with van der Waals surface area (Å²) < 4.78 is 42.9. The maximum absolute atomic E-state index is 12.6. The number of sulfonamides is 1. The van der Waals surface area contributed by atoms with E-state index in [1.54, 1.807) is 30.3 Å². The Balaban J connectivity index is 2.10. The highest BCUT2D eigenvalue weighted by Crippen LogP contribution is 2.28. The van der Waals surface area contributed by atoms with Crippen molar-refractivity contribution in [3.8, 4) is 17.2 Å². The number of carbonyl (C=O) groups excluding carboxylic acids is 1. The van der Waals surface area contributed by atoms with Crippen molar-refractivity contribution in [3.63, 3.8) is 0 Å². The van der Waals surface area contributed by atoms with E-state index in [0.717, 1.165) is 0 Å². The number of carbonyl (C=O) groups is 1. The fourth-order valence-corrected chi connectivity index (χ4v) is 3.44. The quantitative estimate of drug-likeness (QED) is 0.675. The van der Waals surface area contributed by atoms with Gasteiger partial charge in [0.1, 0.15) is 22.1 Å². The SMILES string of the molecule is CCOc1ccccc1NC(=O)CNS(=O)(=O)c1cc(OC)ccc1OC. The number of nitrogens with one attached hydrogen (secondary N) is 2. The Kier molecular flexibility index (Phi) is 7.03. The molecule has 0 aromatic heterocycles. The first-order valence-electron chi connectivity index (χ1n) is 8.14. The minimum absolute atomic E-state index is 0.119. The average Bonchev–Trinajstić information content (AvgIpc) is 2.67. The highest BCUT2D eigenvalue weighted by Gasteiger charge is 2.21. The molecule has 2 N–H and O–H groups in total. The van der Waals surface area contributed by atoms with Gasteiger partial charge in [-0.05, 0) is 31.2 Å².